The zero-order valence-corrected chi connectivity index (χ0v) is 20.1. The largest absolute Gasteiger partial charge is 0.359 e. The average Bonchev–Trinajstić information content (AvgIpc) is 3.25. The smallest absolute Gasteiger partial charge is 0.236 e. The third-order valence-corrected chi connectivity index (χ3v) is 7.43. The molecule has 0 spiro atoms. The number of carbonyl (C=O) groups excluding carboxylic acids is 1. The fraction of sp³-hybridized carbons (Fsp3) is 0.250. The van der Waals surface area contributed by atoms with Gasteiger partial charge in [0.2, 0.25) is 17.4 Å². The number of allylic oxidation sites excluding steroid dienone is 1. The fourth-order valence-electron chi connectivity index (χ4n) is 5.45. The number of amides is 1. The highest BCUT2D eigenvalue weighted by molar-refractivity contribution is 6.01. The van der Waals surface area contributed by atoms with Gasteiger partial charge in [-0.2, -0.15) is 10.8 Å². The number of aliphatic imine (C=N–C) groups is 2. The summed E-state index contributed by atoms with van der Waals surface area (Å²) in [7, 11) is 1.70. The Kier molecular flexibility index (Phi) is 5.55. The molecule has 3 heterocycles. The van der Waals surface area contributed by atoms with Crippen LogP contribution in [0, 0.1) is 11.8 Å². The van der Waals surface area contributed by atoms with Gasteiger partial charge in [-0.15, -0.1) is 4.59 Å². The number of amidine groups is 1. The van der Waals surface area contributed by atoms with Crippen molar-refractivity contribution in [1.82, 2.24) is 15.3 Å². The fourth-order valence-corrected chi connectivity index (χ4v) is 5.45. The number of nitrogens with one attached hydrogen (secondary N) is 1. The predicted octanol–water partition coefficient (Wildman–Crippen LogP) is 4.18. The molecule has 1 amide bonds. The van der Waals surface area contributed by atoms with Crippen molar-refractivity contribution in [2.24, 2.45) is 27.7 Å². The molecule has 1 unspecified atom stereocenters. The van der Waals surface area contributed by atoms with Crippen molar-refractivity contribution in [2.45, 2.75) is 25.7 Å². The summed E-state index contributed by atoms with van der Waals surface area (Å²) in [5.74, 6) is 8.25. The zero-order valence-electron chi connectivity index (χ0n) is 20.1. The van der Waals surface area contributed by atoms with Crippen LogP contribution < -0.4 is 11.2 Å². The predicted molar refractivity (Wildman–Crippen MR) is 141 cm³/mol. The molecule has 0 saturated heterocycles. The van der Waals surface area contributed by atoms with Gasteiger partial charge >= 0.3 is 0 Å². The highest BCUT2D eigenvalue weighted by Crippen LogP contribution is 2.41. The first-order valence-electron chi connectivity index (χ1n) is 12.3. The van der Waals surface area contributed by atoms with Gasteiger partial charge in [-0.3, -0.25) is 14.8 Å². The van der Waals surface area contributed by atoms with E-state index in [0.29, 0.717) is 0 Å². The number of carbonyl (C=O) groups is 1. The minimum Gasteiger partial charge on any atom is -0.359 e. The van der Waals surface area contributed by atoms with Crippen molar-refractivity contribution < 1.29 is 9.39 Å². The Morgan fingerprint density at radius 1 is 1.03 bits per heavy atom. The summed E-state index contributed by atoms with van der Waals surface area (Å²) in [4.78, 5) is 31.1. The Morgan fingerprint density at radius 2 is 1.83 bits per heavy atom. The SMILES string of the molecule is CNC(=O)C1CCC(C2=NC(c3ccc4ncc(-c5ccccc5)nc4c3)=C3C=NC=C[N+]23N)CC1. The second kappa shape index (κ2) is 8.89. The van der Waals surface area contributed by atoms with E-state index in [2.05, 4.69) is 15.3 Å². The molecule has 2 aromatic carbocycles. The first-order chi connectivity index (χ1) is 17.6. The number of hydrogen-bond donors (Lipinski definition) is 2. The lowest BCUT2D eigenvalue weighted by atomic mass is 9.80. The summed E-state index contributed by atoms with van der Waals surface area (Å²) >= 11 is 0. The molecular weight excluding hydrogens is 450 g/mol. The number of benzene rings is 2. The van der Waals surface area contributed by atoms with Crippen molar-refractivity contribution in [3.05, 3.63) is 78.4 Å². The van der Waals surface area contributed by atoms with Gasteiger partial charge in [0.25, 0.3) is 0 Å². The van der Waals surface area contributed by atoms with E-state index in [1.165, 1.54) is 0 Å². The Hall–Kier alpha value is -4.01. The van der Waals surface area contributed by atoms with E-state index in [1.54, 1.807) is 25.7 Å². The van der Waals surface area contributed by atoms with Crippen molar-refractivity contribution in [1.29, 1.82) is 0 Å². The molecule has 6 rings (SSSR count). The molecule has 3 N–H and O–H groups in total. The minimum atomic E-state index is 0.0297. The highest BCUT2D eigenvalue weighted by atomic mass is 16.1. The molecule has 1 saturated carbocycles. The van der Waals surface area contributed by atoms with E-state index in [1.807, 2.05) is 54.7 Å². The molecular formula is C28H28N7O+. The van der Waals surface area contributed by atoms with Crippen LogP contribution in [0.15, 0.2) is 82.8 Å². The second-order valence-electron chi connectivity index (χ2n) is 9.54. The van der Waals surface area contributed by atoms with Gasteiger partial charge in [0.15, 0.2) is 0 Å². The van der Waals surface area contributed by atoms with Gasteiger partial charge in [0.05, 0.1) is 41.3 Å². The van der Waals surface area contributed by atoms with E-state index < -0.39 is 0 Å². The van der Waals surface area contributed by atoms with Crippen LogP contribution in [0.2, 0.25) is 0 Å². The molecule has 1 fully saturated rings. The average molecular weight is 479 g/mol. The summed E-state index contributed by atoms with van der Waals surface area (Å²) in [5, 5.41) is 2.78. The van der Waals surface area contributed by atoms with Gasteiger partial charge in [-0.25, -0.2) is 4.98 Å². The van der Waals surface area contributed by atoms with Crippen LogP contribution in [0.1, 0.15) is 31.2 Å². The van der Waals surface area contributed by atoms with Gasteiger partial charge in [0.1, 0.15) is 11.9 Å². The quantitative estimate of drug-likeness (QED) is 0.433. The molecule has 36 heavy (non-hydrogen) atoms. The number of quaternary nitrogens is 1. The second-order valence-corrected chi connectivity index (χ2v) is 9.54. The number of fused-ring (bicyclic) bond motifs is 2. The number of nitrogens with zero attached hydrogens (tertiary/aromatic N) is 5. The number of rotatable bonds is 4. The van der Waals surface area contributed by atoms with Crippen LogP contribution in [0.5, 0.6) is 0 Å². The van der Waals surface area contributed by atoms with Crippen LogP contribution in [0.25, 0.3) is 28.0 Å². The summed E-state index contributed by atoms with van der Waals surface area (Å²) in [6.07, 6.45) is 10.7. The molecule has 3 aromatic rings. The molecule has 1 aromatic heterocycles. The minimum absolute atomic E-state index is 0.0297. The zero-order chi connectivity index (χ0) is 24.7. The van der Waals surface area contributed by atoms with Crippen LogP contribution in [0.4, 0.5) is 0 Å². The standard InChI is InChI=1S/C28H27N7O/c1-30-28(36)20-9-7-19(8-10-20)27-34-26(25-17-31-13-14-35(25,27)29)21-11-12-22-23(15-21)33-24(16-32-22)18-5-3-2-4-6-18/h2-6,11-17,19-20H,7-10,29H2,1H3/p+1. The molecule has 3 aliphatic rings. The summed E-state index contributed by atoms with van der Waals surface area (Å²) in [6.45, 7) is 0. The summed E-state index contributed by atoms with van der Waals surface area (Å²) in [6, 6.07) is 16.1. The van der Waals surface area contributed by atoms with E-state index in [4.69, 9.17) is 15.8 Å². The Morgan fingerprint density at radius 3 is 2.61 bits per heavy atom. The normalized spacial score (nSPS) is 25.1. The van der Waals surface area contributed by atoms with Gasteiger partial charge < -0.3 is 5.32 Å². The maximum absolute atomic E-state index is 12.1. The lowest BCUT2D eigenvalue weighted by molar-refractivity contribution is -0.754. The van der Waals surface area contributed by atoms with Crippen molar-refractivity contribution in [3.63, 3.8) is 0 Å². The molecule has 8 nitrogen and oxygen atoms in total. The first kappa shape index (κ1) is 22.5. The molecule has 1 atom stereocenters. The number of aromatic nitrogens is 2. The number of nitrogens with two attached hydrogens (primary N) is 1. The third kappa shape index (κ3) is 3.75. The molecule has 180 valence electrons. The lowest BCUT2D eigenvalue weighted by Gasteiger charge is -2.33. The topological polar surface area (TPSA) is 106 Å². The van der Waals surface area contributed by atoms with E-state index in [0.717, 1.165) is 70.8 Å². The van der Waals surface area contributed by atoms with Crippen LogP contribution in [0.3, 0.4) is 0 Å². The van der Waals surface area contributed by atoms with Gasteiger partial charge in [-0.05, 0) is 37.8 Å². The Bertz CT molecular complexity index is 1470. The number of hydrogen-bond acceptors (Lipinski definition) is 6. The molecule has 1 aliphatic carbocycles. The van der Waals surface area contributed by atoms with Gasteiger partial charge in [0, 0.05) is 24.1 Å². The lowest BCUT2D eigenvalue weighted by Crippen LogP contribution is -2.55. The molecule has 0 bridgehead atoms. The van der Waals surface area contributed by atoms with Crippen molar-refractivity contribution in [3.8, 4) is 11.3 Å². The first-order valence-corrected chi connectivity index (χ1v) is 12.3. The summed E-state index contributed by atoms with van der Waals surface area (Å²) in [5.41, 5.74) is 6.05. The van der Waals surface area contributed by atoms with Crippen LogP contribution in [-0.2, 0) is 4.79 Å². The van der Waals surface area contributed by atoms with E-state index >= 15 is 0 Å². The summed E-state index contributed by atoms with van der Waals surface area (Å²) < 4.78 is 0.0297. The Balaban J connectivity index is 1.37. The van der Waals surface area contributed by atoms with Crippen molar-refractivity contribution >= 4 is 34.7 Å². The van der Waals surface area contributed by atoms with Crippen LogP contribution >= 0.6 is 0 Å². The highest BCUT2D eigenvalue weighted by Gasteiger charge is 2.47. The maximum Gasteiger partial charge on any atom is 0.236 e. The maximum atomic E-state index is 12.1. The Labute approximate surface area is 209 Å². The third-order valence-electron chi connectivity index (χ3n) is 7.43. The molecule has 2 aliphatic heterocycles. The molecule has 8 heteroatoms. The molecule has 0 radical (unpaired) electrons. The van der Waals surface area contributed by atoms with E-state index in [-0.39, 0.29) is 22.3 Å². The van der Waals surface area contributed by atoms with E-state index in [9.17, 15) is 4.79 Å². The van der Waals surface area contributed by atoms with Crippen molar-refractivity contribution in [2.75, 3.05) is 7.05 Å². The van der Waals surface area contributed by atoms with Crippen LogP contribution in [-0.4, -0.2) is 39.6 Å². The monoisotopic (exact) mass is 478 g/mol. The van der Waals surface area contributed by atoms with Gasteiger partial charge in [-0.1, -0.05) is 36.4 Å².